The van der Waals surface area contributed by atoms with Gasteiger partial charge in [0.15, 0.2) is 8.32 Å². The van der Waals surface area contributed by atoms with Gasteiger partial charge in [0.1, 0.15) is 6.10 Å². The third-order valence-electron chi connectivity index (χ3n) is 4.95. The van der Waals surface area contributed by atoms with Crippen LogP contribution in [0.5, 0.6) is 0 Å². The van der Waals surface area contributed by atoms with Crippen LogP contribution >= 0.6 is 0 Å². The van der Waals surface area contributed by atoms with Gasteiger partial charge >= 0.3 is 5.97 Å². The Hall–Kier alpha value is -0.393. The molecule has 0 amide bonds. The van der Waals surface area contributed by atoms with Crippen molar-refractivity contribution in [2.45, 2.75) is 71.4 Å². The second kappa shape index (κ2) is 6.16. The average Bonchev–Trinajstić information content (AvgIpc) is 2.31. The molecule has 5 heteroatoms. The van der Waals surface area contributed by atoms with Crippen LogP contribution in [0.25, 0.3) is 0 Å². The smallest absolute Gasteiger partial charge is 0.311 e. The van der Waals surface area contributed by atoms with Gasteiger partial charge in [-0.15, -0.1) is 0 Å². The fourth-order valence-electron chi connectivity index (χ4n) is 2.15. The second-order valence-electron chi connectivity index (χ2n) is 7.51. The number of cyclic esters (lactones) is 1. The molecule has 0 radical (unpaired) electrons. The number of esters is 1. The molecule has 1 heterocycles. The SMILES string of the molecule is C[C@@H]1[C@H](O)[C@@H](C)C(=O)O[C@H]1CCO[Si](C)(C)C(C)(C)C. The summed E-state index contributed by atoms with van der Waals surface area (Å²) in [4.78, 5) is 11.7. The van der Waals surface area contributed by atoms with E-state index < -0.39 is 20.3 Å². The van der Waals surface area contributed by atoms with Gasteiger partial charge < -0.3 is 14.3 Å². The summed E-state index contributed by atoms with van der Waals surface area (Å²) in [6.45, 7) is 15.3. The Kier molecular flexibility index (Phi) is 5.44. The minimum Gasteiger partial charge on any atom is -0.462 e. The van der Waals surface area contributed by atoms with Crippen LogP contribution in [0, 0.1) is 11.8 Å². The van der Waals surface area contributed by atoms with Crippen molar-refractivity contribution in [1.29, 1.82) is 0 Å². The summed E-state index contributed by atoms with van der Waals surface area (Å²) < 4.78 is 11.5. The molecule has 1 rings (SSSR count). The molecular weight excluding hydrogens is 272 g/mol. The van der Waals surface area contributed by atoms with Gasteiger partial charge in [0.05, 0.1) is 12.0 Å². The van der Waals surface area contributed by atoms with Crippen LogP contribution in [0.4, 0.5) is 0 Å². The van der Waals surface area contributed by atoms with E-state index in [0.717, 1.165) is 0 Å². The molecule has 1 aliphatic heterocycles. The van der Waals surface area contributed by atoms with Crippen LogP contribution in [0.15, 0.2) is 0 Å². The Labute approximate surface area is 124 Å². The maximum absolute atomic E-state index is 11.7. The molecule has 1 fully saturated rings. The fraction of sp³-hybridized carbons (Fsp3) is 0.933. The lowest BCUT2D eigenvalue weighted by Gasteiger charge is -2.39. The number of carbonyl (C=O) groups excluding carboxylic acids is 1. The van der Waals surface area contributed by atoms with Gasteiger partial charge in [-0.05, 0) is 25.1 Å². The standard InChI is InChI=1S/C15H30O4Si/c1-10-12(19-14(17)11(2)13(10)16)8-9-18-20(6,7)15(3,4)5/h10-13,16H,8-9H2,1-7H3/t10-,11+,12-,13-/m0/s1. The third kappa shape index (κ3) is 3.83. The van der Waals surface area contributed by atoms with E-state index in [4.69, 9.17) is 9.16 Å². The molecule has 20 heavy (non-hydrogen) atoms. The predicted octanol–water partition coefficient (Wildman–Crippen LogP) is 2.96. The maximum Gasteiger partial charge on any atom is 0.311 e. The van der Waals surface area contributed by atoms with Crippen molar-refractivity contribution in [1.82, 2.24) is 0 Å². The lowest BCUT2D eigenvalue weighted by molar-refractivity contribution is -0.178. The first kappa shape index (κ1) is 17.7. The summed E-state index contributed by atoms with van der Waals surface area (Å²) in [5, 5.41) is 10.2. The van der Waals surface area contributed by atoms with Crippen molar-refractivity contribution in [2.24, 2.45) is 11.8 Å². The quantitative estimate of drug-likeness (QED) is 0.641. The molecule has 1 saturated heterocycles. The summed E-state index contributed by atoms with van der Waals surface area (Å²) in [6.07, 6.45) is -0.198. The van der Waals surface area contributed by atoms with Crippen molar-refractivity contribution in [3.05, 3.63) is 0 Å². The first-order chi connectivity index (χ1) is 8.97. The fourth-order valence-corrected chi connectivity index (χ4v) is 3.21. The number of hydrogen-bond acceptors (Lipinski definition) is 4. The maximum atomic E-state index is 11.7. The van der Waals surface area contributed by atoms with E-state index in [1.807, 2.05) is 6.92 Å². The Morgan fingerprint density at radius 3 is 2.35 bits per heavy atom. The molecule has 0 aromatic carbocycles. The zero-order valence-corrected chi connectivity index (χ0v) is 14.9. The molecule has 0 aliphatic carbocycles. The monoisotopic (exact) mass is 302 g/mol. The number of aliphatic hydroxyl groups is 1. The molecule has 118 valence electrons. The average molecular weight is 302 g/mol. The number of carbonyl (C=O) groups is 1. The van der Waals surface area contributed by atoms with Crippen molar-refractivity contribution in [2.75, 3.05) is 6.61 Å². The van der Waals surface area contributed by atoms with Gasteiger partial charge in [-0.2, -0.15) is 0 Å². The number of aliphatic hydroxyl groups excluding tert-OH is 1. The highest BCUT2D eigenvalue weighted by atomic mass is 28.4. The highest BCUT2D eigenvalue weighted by molar-refractivity contribution is 6.74. The lowest BCUT2D eigenvalue weighted by atomic mass is 9.85. The van der Waals surface area contributed by atoms with E-state index in [0.29, 0.717) is 13.0 Å². The number of hydrogen-bond donors (Lipinski definition) is 1. The zero-order chi connectivity index (χ0) is 15.7. The first-order valence-corrected chi connectivity index (χ1v) is 10.4. The molecular formula is C15H30O4Si. The molecule has 0 unspecified atom stereocenters. The molecule has 0 saturated carbocycles. The van der Waals surface area contributed by atoms with Crippen LogP contribution in [0.1, 0.15) is 41.0 Å². The minimum atomic E-state index is -1.76. The summed E-state index contributed by atoms with van der Waals surface area (Å²) in [7, 11) is -1.76. The summed E-state index contributed by atoms with van der Waals surface area (Å²) >= 11 is 0. The van der Waals surface area contributed by atoms with Gasteiger partial charge in [-0.3, -0.25) is 4.79 Å². The van der Waals surface area contributed by atoms with E-state index in [1.54, 1.807) is 6.92 Å². The second-order valence-corrected chi connectivity index (χ2v) is 12.3. The van der Waals surface area contributed by atoms with Gasteiger partial charge in [0.2, 0.25) is 0 Å². The molecule has 4 atom stereocenters. The van der Waals surface area contributed by atoms with E-state index in [-0.39, 0.29) is 23.0 Å². The van der Waals surface area contributed by atoms with E-state index >= 15 is 0 Å². The molecule has 4 nitrogen and oxygen atoms in total. The van der Waals surface area contributed by atoms with E-state index in [2.05, 4.69) is 33.9 Å². The molecule has 1 N–H and O–H groups in total. The third-order valence-corrected chi connectivity index (χ3v) is 9.49. The highest BCUT2D eigenvalue weighted by Gasteiger charge is 2.41. The lowest BCUT2D eigenvalue weighted by Crippen LogP contribution is -2.47. The van der Waals surface area contributed by atoms with Gasteiger partial charge in [-0.25, -0.2) is 0 Å². The molecule has 0 bridgehead atoms. The van der Waals surface area contributed by atoms with Gasteiger partial charge in [0, 0.05) is 18.9 Å². The summed E-state index contributed by atoms with van der Waals surface area (Å²) in [5.41, 5.74) is 0. The van der Waals surface area contributed by atoms with Crippen LogP contribution in [-0.4, -0.2) is 38.2 Å². The van der Waals surface area contributed by atoms with Crippen LogP contribution in [-0.2, 0) is 14.0 Å². The van der Waals surface area contributed by atoms with Crippen molar-refractivity contribution in [3.8, 4) is 0 Å². The number of rotatable bonds is 4. The predicted molar refractivity (Wildman–Crippen MR) is 82.0 cm³/mol. The van der Waals surface area contributed by atoms with Gasteiger partial charge in [-0.1, -0.05) is 27.7 Å². The molecule has 1 aliphatic rings. The Morgan fingerprint density at radius 2 is 1.85 bits per heavy atom. The normalized spacial score (nSPS) is 32.1. The Bertz CT molecular complexity index is 348. The van der Waals surface area contributed by atoms with Crippen molar-refractivity contribution >= 4 is 14.3 Å². The largest absolute Gasteiger partial charge is 0.462 e. The van der Waals surface area contributed by atoms with E-state index in [9.17, 15) is 9.90 Å². The highest BCUT2D eigenvalue weighted by Crippen LogP contribution is 2.37. The van der Waals surface area contributed by atoms with Gasteiger partial charge in [0.25, 0.3) is 0 Å². The van der Waals surface area contributed by atoms with Crippen LogP contribution < -0.4 is 0 Å². The Morgan fingerprint density at radius 1 is 1.30 bits per heavy atom. The minimum absolute atomic E-state index is 0.0364. The first-order valence-electron chi connectivity index (χ1n) is 7.50. The zero-order valence-electron chi connectivity index (χ0n) is 13.9. The molecule has 0 aromatic heterocycles. The summed E-state index contributed by atoms with van der Waals surface area (Å²) in [6, 6.07) is 0. The van der Waals surface area contributed by atoms with Crippen LogP contribution in [0.2, 0.25) is 18.1 Å². The van der Waals surface area contributed by atoms with Crippen molar-refractivity contribution in [3.63, 3.8) is 0 Å². The topological polar surface area (TPSA) is 55.8 Å². The molecule has 0 spiro atoms. The molecule has 0 aromatic rings. The van der Waals surface area contributed by atoms with Crippen LogP contribution in [0.3, 0.4) is 0 Å². The van der Waals surface area contributed by atoms with Crippen molar-refractivity contribution < 1.29 is 19.1 Å². The number of ether oxygens (including phenoxy) is 1. The Balaban J connectivity index is 2.52. The summed E-state index contributed by atoms with van der Waals surface area (Å²) in [5.74, 6) is -0.763. The van der Waals surface area contributed by atoms with E-state index in [1.165, 1.54) is 0 Å².